The SMILES string of the molecule is CC(C(=O)O)N(C)C(=O)CNC(=O)C(C)(C)C. The molecule has 6 nitrogen and oxygen atoms in total. The average Bonchev–Trinajstić information content (AvgIpc) is 2.21. The van der Waals surface area contributed by atoms with E-state index in [4.69, 9.17) is 5.11 Å². The molecule has 98 valence electrons. The Kier molecular flexibility index (Phi) is 5.12. The number of carboxylic acid groups (broad SMARTS) is 1. The second-order valence-electron chi connectivity index (χ2n) is 4.95. The first kappa shape index (κ1) is 15.4. The van der Waals surface area contributed by atoms with E-state index in [-0.39, 0.29) is 12.5 Å². The maximum Gasteiger partial charge on any atom is 0.326 e. The summed E-state index contributed by atoms with van der Waals surface area (Å²) in [5.41, 5.74) is -0.572. The Bertz CT molecular complexity index is 320. The topological polar surface area (TPSA) is 86.7 Å². The van der Waals surface area contributed by atoms with Crippen LogP contribution in [0.4, 0.5) is 0 Å². The summed E-state index contributed by atoms with van der Waals surface area (Å²) in [5, 5.41) is 11.2. The number of nitrogens with one attached hydrogen (secondary N) is 1. The molecule has 0 aromatic rings. The van der Waals surface area contributed by atoms with Crippen molar-refractivity contribution in [2.45, 2.75) is 33.7 Å². The molecule has 1 atom stereocenters. The Morgan fingerprint density at radius 1 is 1.29 bits per heavy atom. The van der Waals surface area contributed by atoms with Crippen LogP contribution < -0.4 is 5.32 Å². The molecule has 0 fully saturated rings. The van der Waals surface area contributed by atoms with E-state index in [1.165, 1.54) is 14.0 Å². The fourth-order valence-corrected chi connectivity index (χ4v) is 0.927. The van der Waals surface area contributed by atoms with Gasteiger partial charge in [0, 0.05) is 12.5 Å². The molecule has 0 aromatic carbocycles. The normalized spacial score (nSPS) is 12.8. The van der Waals surface area contributed by atoms with Crippen LogP contribution in [-0.2, 0) is 14.4 Å². The molecule has 0 aliphatic rings. The van der Waals surface area contributed by atoms with Gasteiger partial charge in [-0.2, -0.15) is 0 Å². The van der Waals surface area contributed by atoms with E-state index in [0.717, 1.165) is 4.90 Å². The molecule has 1 unspecified atom stereocenters. The highest BCUT2D eigenvalue weighted by molar-refractivity contribution is 5.89. The molecule has 0 bridgehead atoms. The number of rotatable bonds is 4. The Morgan fingerprint density at radius 3 is 2.12 bits per heavy atom. The minimum absolute atomic E-state index is 0.190. The second-order valence-corrected chi connectivity index (χ2v) is 4.95. The molecule has 0 aliphatic heterocycles. The molecule has 0 aliphatic carbocycles. The second kappa shape index (κ2) is 5.65. The first-order chi connectivity index (χ1) is 7.57. The fourth-order valence-electron chi connectivity index (χ4n) is 0.927. The minimum atomic E-state index is -1.08. The van der Waals surface area contributed by atoms with Crippen LogP contribution in [0.3, 0.4) is 0 Å². The molecule has 0 saturated heterocycles. The zero-order chi connectivity index (χ0) is 13.8. The number of nitrogens with zero attached hydrogens (tertiary/aromatic N) is 1. The van der Waals surface area contributed by atoms with Crippen molar-refractivity contribution >= 4 is 17.8 Å². The van der Waals surface area contributed by atoms with E-state index in [0.29, 0.717) is 0 Å². The monoisotopic (exact) mass is 244 g/mol. The van der Waals surface area contributed by atoms with E-state index in [1.807, 2.05) is 0 Å². The summed E-state index contributed by atoms with van der Waals surface area (Å²) in [7, 11) is 1.39. The van der Waals surface area contributed by atoms with Crippen LogP contribution in [-0.4, -0.2) is 47.4 Å². The number of hydrogen-bond acceptors (Lipinski definition) is 3. The Hall–Kier alpha value is -1.59. The predicted molar refractivity (Wildman–Crippen MR) is 62.3 cm³/mol. The third kappa shape index (κ3) is 4.84. The molecule has 0 aromatic heterocycles. The largest absolute Gasteiger partial charge is 0.480 e. The number of carboxylic acids is 1. The van der Waals surface area contributed by atoms with Crippen LogP contribution in [0.1, 0.15) is 27.7 Å². The van der Waals surface area contributed by atoms with E-state index in [9.17, 15) is 14.4 Å². The van der Waals surface area contributed by atoms with E-state index >= 15 is 0 Å². The standard InChI is InChI=1S/C11H20N2O4/c1-7(9(15)16)13(5)8(14)6-12-10(17)11(2,3)4/h7H,6H2,1-5H3,(H,12,17)(H,15,16). The quantitative estimate of drug-likeness (QED) is 0.733. The highest BCUT2D eigenvalue weighted by Crippen LogP contribution is 2.12. The predicted octanol–water partition coefficient (Wildman–Crippen LogP) is 0.0802. The first-order valence-electron chi connectivity index (χ1n) is 5.34. The molecular formula is C11H20N2O4. The van der Waals surface area contributed by atoms with Gasteiger partial charge in [-0.1, -0.05) is 20.8 Å². The summed E-state index contributed by atoms with van der Waals surface area (Å²) in [4.78, 5) is 34.8. The fraction of sp³-hybridized carbons (Fsp3) is 0.727. The van der Waals surface area contributed by atoms with Crippen LogP contribution in [0, 0.1) is 5.41 Å². The number of likely N-dealkylation sites (N-methyl/N-ethyl adjacent to an activating group) is 1. The van der Waals surface area contributed by atoms with Crippen molar-refractivity contribution in [2.24, 2.45) is 5.41 Å². The smallest absolute Gasteiger partial charge is 0.326 e. The number of amides is 2. The van der Waals surface area contributed by atoms with Crippen molar-refractivity contribution in [1.29, 1.82) is 0 Å². The van der Waals surface area contributed by atoms with Gasteiger partial charge in [0.1, 0.15) is 6.04 Å². The van der Waals surface area contributed by atoms with Crippen LogP contribution in [0.15, 0.2) is 0 Å². The zero-order valence-corrected chi connectivity index (χ0v) is 10.9. The van der Waals surface area contributed by atoms with Gasteiger partial charge in [-0.15, -0.1) is 0 Å². The summed E-state index contributed by atoms with van der Waals surface area (Å²) in [5.74, 6) is -1.76. The summed E-state index contributed by atoms with van der Waals surface area (Å²) in [6.45, 7) is 6.42. The van der Waals surface area contributed by atoms with Gasteiger partial charge in [-0.3, -0.25) is 9.59 Å². The van der Waals surface area contributed by atoms with Crippen LogP contribution in [0.5, 0.6) is 0 Å². The maximum atomic E-state index is 11.6. The third-order valence-corrected chi connectivity index (χ3v) is 2.41. The molecule has 0 heterocycles. The Balaban J connectivity index is 4.29. The summed E-state index contributed by atoms with van der Waals surface area (Å²) < 4.78 is 0. The van der Waals surface area contributed by atoms with Crippen molar-refractivity contribution < 1.29 is 19.5 Å². The highest BCUT2D eigenvalue weighted by Gasteiger charge is 2.24. The molecule has 0 rings (SSSR count). The number of hydrogen-bond donors (Lipinski definition) is 2. The molecule has 2 N–H and O–H groups in total. The molecule has 0 radical (unpaired) electrons. The number of carbonyl (C=O) groups excluding carboxylic acids is 2. The van der Waals surface area contributed by atoms with Crippen molar-refractivity contribution in [3.8, 4) is 0 Å². The van der Waals surface area contributed by atoms with Gasteiger partial charge in [0.25, 0.3) is 0 Å². The molecule has 0 spiro atoms. The van der Waals surface area contributed by atoms with E-state index in [1.54, 1.807) is 20.8 Å². The minimum Gasteiger partial charge on any atom is -0.480 e. The highest BCUT2D eigenvalue weighted by atomic mass is 16.4. The van der Waals surface area contributed by atoms with Crippen molar-refractivity contribution in [1.82, 2.24) is 10.2 Å². The van der Waals surface area contributed by atoms with Crippen LogP contribution in [0.2, 0.25) is 0 Å². The third-order valence-electron chi connectivity index (χ3n) is 2.41. The average molecular weight is 244 g/mol. The van der Waals surface area contributed by atoms with E-state index < -0.39 is 23.3 Å². The Labute approximate surface area is 101 Å². The summed E-state index contributed by atoms with van der Waals surface area (Å²) in [6, 6.07) is -0.908. The van der Waals surface area contributed by atoms with Gasteiger partial charge >= 0.3 is 5.97 Å². The van der Waals surface area contributed by atoms with Gasteiger partial charge in [0.15, 0.2) is 0 Å². The van der Waals surface area contributed by atoms with E-state index in [2.05, 4.69) is 5.32 Å². The lowest BCUT2D eigenvalue weighted by atomic mass is 9.96. The van der Waals surface area contributed by atoms with Gasteiger partial charge in [0.05, 0.1) is 6.54 Å². The number of aliphatic carboxylic acids is 1. The molecule has 0 saturated carbocycles. The summed E-state index contributed by atoms with van der Waals surface area (Å²) in [6.07, 6.45) is 0. The molecule has 2 amide bonds. The number of carbonyl (C=O) groups is 3. The van der Waals surface area contributed by atoms with Crippen LogP contribution >= 0.6 is 0 Å². The van der Waals surface area contributed by atoms with Gasteiger partial charge < -0.3 is 15.3 Å². The first-order valence-corrected chi connectivity index (χ1v) is 5.34. The van der Waals surface area contributed by atoms with Crippen molar-refractivity contribution in [3.63, 3.8) is 0 Å². The van der Waals surface area contributed by atoms with Gasteiger partial charge in [-0.05, 0) is 6.92 Å². The molecular weight excluding hydrogens is 224 g/mol. The molecule has 17 heavy (non-hydrogen) atoms. The zero-order valence-electron chi connectivity index (χ0n) is 10.9. The lowest BCUT2D eigenvalue weighted by Crippen LogP contribution is -2.47. The lowest BCUT2D eigenvalue weighted by molar-refractivity contribution is -0.148. The lowest BCUT2D eigenvalue weighted by Gasteiger charge is -2.23. The van der Waals surface area contributed by atoms with Crippen molar-refractivity contribution in [2.75, 3.05) is 13.6 Å². The Morgan fingerprint density at radius 2 is 1.76 bits per heavy atom. The van der Waals surface area contributed by atoms with Crippen molar-refractivity contribution in [3.05, 3.63) is 0 Å². The van der Waals surface area contributed by atoms with Gasteiger partial charge in [0.2, 0.25) is 11.8 Å². The maximum absolute atomic E-state index is 11.6. The summed E-state index contributed by atoms with van der Waals surface area (Å²) >= 11 is 0. The van der Waals surface area contributed by atoms with Gasteiger partial charge in [-0.25, -0.2) is 4.79 Å². The molecule has 6 heteroatoms. The van der Waals surface area contributed by atoms with Crippen LogP contribution in [0.25, 0.3) is 0 Å².